The van der Waals surface area contributed by atoms with Gasteiger partial charge in [0.2, 0.25) is 5.91 Å². The zero-order valence-corrected chi connectivity index (χ0v) is 8.47. The fraction of sp³-hybridized carbons (Fsp3) is 0.800. The summed E-state index contributed by atoms with van der Waals surface area (Å²) >= 11 is 0. The zero-order valence-electron chi connectivity index (χ0n) is 8.47. The molecule has 12 heavy (non-hydrogen) atoms. The Hall–Kier alpha value is -0.530. The molecule has 0 saturated heterocycles. The van der Waals surface area contributed by atoms with Crippen LogP contribution in [0, 0.1) is 6.42 Å². The standard InChI is InChI=1S/C10H20NO/c1-4-7-8-9-10(12)11(5-2)6-3/h9H,4-8H2,1-3H3. The van der Waals surface area contributed by atoms with Crippen LogP contribution < -0.4 is 0 Å². The minimum Gasteiger partial charge on any atom is -0.343 e. The molecule has 0 aromatic carbocycles. The van der Waals surface area contributed by atoms with Crippen LogP contribution in [0.4, 0.5) is 0 Å². The quantitative estimate of drug-likeness (QED) is 0.560. The molecule has 1 amide bonds. The number of nitrogens with zero attached hydrogens (tertiary/aromatic N) is 1. The molecule has 0 aliphatic heterocycles. The van der Waals surface area contributed by atoms with Gasteiger partial charge in [-0.05, 0) is 20.3 Å². The maximum atomic E-state index is 11.4. The van der Waals surface area contributed by atoms with E-state index in [0.29, 0.717) is 0 Å². The molecule has 71 valence electrons. The number of hydrogen-bond acceptors (Lipinski definition) is 1. The lowest BCUT2D eigenvalue weighted by molar-refractivity contribution is -0.127. The van der Waals surface area contributed by atoms with Crippen molar-refractivity contribution in [2.24, 2.45) is 0 Å². The highest BCUT2D eigenvalue weighted by atomic mass is 16.2. The monoisotopic (exact) mass is 170 g/mol. The van der Waals surface area contributed by atoms with Crippen molar-refractivity contribution in [1.82, 2.24) is 4.90 Å². The second-order valence-electron chi connectivity index (χ2n) is 2.86. The van der Waals surface area contributed by atoms with Gasteiger partial charge < -0.3 is 4.90 Å². The Morgan fingerprint density at radius 1 is 1.25 bits per heavy atom. The van der Waals surface area contributed by atoms with E-state index < -0.39 is 0 Å². The molecule has 0 aliphatic rings. The van der Waals surface area contributed by atoms with E-state index >= 15 is 0 Å². The Labute approximate surface area is 75.9 Å². The predicted octanol–water partition coefficient (Wildman–Crippen LogP) is 2.25. The number of unbranched alkanes of at least 4 members (excludes halogenated alkanes) is 2. The first-order valence-electron chi connectivity index (χ1n) is 4.88. The molecule has 0 aliphatic carbocycles. The first-order chi connectivity index (χ1) is 5.76. The third-order valence-electron chi connectivity index (χ3n) is 1.95. The van der Waals surface area contributed by atoms with Gasteiger partial charge in [-0.1, -0.05) is 19.8 Å². The third-order valence-corrected chi connectivity index (χ3v) is 1.95. The minimum atomic E-state index is 0.188. The normalized spacial score (nSPS) is 9.92. The predicted molar refractivity (Wildman–Crippen MR) is 51.8 cm³/mol. The van der Waals surface area contributed by atoms with E-state index in [1.165, 1.54) is 0 Å². The zero-order chi connectivity index (χ0) is 9.40. The highest BCUT2D eigenvalue weighted by Gasteiger charge is 2.07. The van der Waals surface area contributed by atoms with Gasteiger partial charge in [0.1, 0.15) is 0 Å². The first kappa shape index (κ1) is 11.5. The van der Waals surface area contributed by atoms with E-state index in [-0.39, 0.29) is 5.91 Å². The van der Waals surface area contributed by atoms with Crippen LogP contribution >= 0.6 is 0 Å². The SMILES string of the molecule is CCCC[CH]C(=O)N(CC)CC. The lowest BCUT2D eigenvalue weighted by Crippen LogP contribution is -2.30. The lowest BCUT2D eigenvalue weighted by Gasteiger charge is -2.17. The van der Waals surface area contributed by atoms with Gasteiger partial charge in [-0.2, -0.15) is 0 Å². The lowest BCUT2D eigenvalue weighted by atomic mass is 10.2. The topological polar surface area (TPSA) is 20.3 Å². The van der Waals surface area contributed by atoms with Crippen molar-refractivity contribution < 1.29 is 4.79 Å². The highest BCUT2D eigenvalue weighted by Crippen LogP contribution is 2.01. The molecule has 2 nitrogen and oxygen atoms in total. The summed E-state index contributed by atoms with van der Waals surface area (Å²) in [4.78, 5) is 13.2. The summed E-state index contributed by atoms with van der Waals surface area (Å²) < 4.78 is 0. The number of hydrogen-bond donors (Lipinski definition) is 0. The number of carbonyl (C=O) groups is 1. The molecule has 0 rings (SSSR count). The number of rotatable bonds is 6. The average Bonchev–Trinajstić information content (AvgIpc) is 2.07. The van der Waals surface area contributed by atoms with E-state index in [1.54, 1.807) is 6.42 Å². The molecule has 0 heterocycles. The van der Waals surface area contributed by atoms with Crippen LogP contribution in [0.15, 0.2) is 0 Å². The van der Waals surface area contributed by atoms with Gasteiger partial charge in [0.05, 0.1) is 0 Å². The van der Waals surface area contributed by atoms with Crippen molar-refractivity contribution in [2.45, 2.75) is 40.0 Å². The van der Waals surface area contributed by atoms with Crippen LogP contribution in [0.1, 0.15) is 40.0 Å². The van der Waals surface area contributed by atoms with Gasteiger partial charge in [-0.3, -0.25) is 4.79 Å². The van der Waals surface area contributed by atoms with Crippen molar-refractivity contribution >= 4 is 5.91 Å². The minimum absolute atomic E-state index is 0.188. The summed E-state index contributed by atoms with van der Waals surface area (Å²) in [6.07, 6.45) is 5.00. The summed E-state index contributed by atoms with van der Waals surface area (Å²) in [7, 11) is 0. The summed E-state index contributed by atoms with van der Waals surface area (Å²) in [5, 5.41) is 0. The van der Waals surface area contributed by atoms with Crippen LogP contribution in [0.3, 0.4) is 0 Å². The molecule has 0 aromatic heterocycles. The molecule has 0 atom stereocenters. The number of amides is 1. The van der Waals surface area contributed by atoms with Crippen LogP contribution in [-0.4, -0.2) is 23.9 Å². The maximum absolute atomic E-state index is 11.4. The molecular weight excluding hydrogens is 150 g/mol. The molecule has 0 spiro atoms. The van der Waals surface area contributed by atoms with Crippen molar-refractivity contribution in [3.63, 3.8) is 0 Å². The van der Waals surface area contributed by atoms with Gasteiger partial charge in [0, 0.05) is 19.5 Å². The van der Waals surface area contributed by atoms with Crippen molar-refractivity contribution in [2.75, 3.05) is 13.1 Å². The molecule has 0 fully saturated rings. The summed E-state index contributed by atoms with van der Waals surface area (Å²) in [6.45, 7) is 7.79. The van der Waals surface area contributed by atoms with E-state index in [4.69, 9.17) is 0 Å². The van der Waals surface area contributed by atoms with Crippen molar-refractivity contribution in [3.8, 4) is 0 Å². The molecule has 0 N–H and O–H groups in total. The number of carbonyl (C=O) groups excluding carboxylic acids is 1. The second kappa shape index (κ2) is 7.14. The van der Waals surface area contributed by atoms with Gasteiger partial charge in [-0.15, -0.1) is 0 Å². The van der Waals surface area contributed by atoms with Crippen LogP contribution in [0.2, 0.25) is 0 Å². The first-order valence-corrected chi connectivity index (χ1v) is 4.88. The van der Waals surface area contributed by atoms with E-state index in [9.17, 15) is 4.79 Å². The van der Waals surface area contributed by atoms with Gasteiger partial charge in [-0.25, -0.2) is 0 Å². The van der Waals surface area contributed by atoms with Gasteiger partial charge in [0.15, 0.2) is 0 Å². The fourth-order valence-electron chi connectivity index (χ4n) is 1.09. The Morgan fingerprint density at radius 2 is 1.83 bits per heavy atom. The maximum Gasteiger partial charge on any atom is 0.226 e. The summed E-state index contributed by atoms with van der Waals surface area (Å²) in [5.41, 5.74) is 0. The molecule has 0 bridgehead atoms. The summed E-state index contributed by atoms with van der Waals surface area (Å²) in [5.74, 6) is 0.188. The fourth-order valence-corrected chi connectivity index (χ4v) is 1.09. The van der Waals surface area contributed by atoms with Crippen molar-refractivity contribution in [1.29, 1.82) is 0 Å². The molecule has 0 saturated carbocycles. The molecule has 2 heteroatoms. The third kappa shape index (κ3) is 4.37. The van der Waals surface area contributed by atoms with Crippen LogP contribution in [-0.2, 0) is 4.79 Å². The van der Waals surface area contributed by atoms with E-state index in [0.717, 1.165) is 32.4 Å². The van der Waals surface area contributed by atoms with Gasteiger partial charge in [0.25, 0.3) is 0 Å². The molecule has 0 aromatic rings. The second-order valence-corrected chi connectivity index (χ2v) is 2.86. The Kier molecular flexibility index (Phi) is 6.82. The van der Waals surface area contributed by atoms with E-state index in [2.05, 4.69) is 6.92 Å². The smallest absolute Gasteiger partial charge is 0.226 e. The van der Waals surface area contributed by atoms with Crippen LogP contribution in [0.5, 0.6) is 0 Å². The average molecular weight is 170 g/mol. The van der Waals surface area contributed by atoms with E-state index in [1.807, 2.05) is 18.7 Å². The Bertz CT molecular complexity index is 119. The largest absolute Gasteiger partial charge is 0.343 e. The molecular formula is C10H20NO. The molecule has 1 radical (unpaired) electrons. The van der Waals surface area contributed by atoms with Crippen LogP contribution in [0.25, 0.3) is 0 Å². The summed E-state index contributed by atoms with van der Waals surface area (Å²) in [6, 6.07) is 0. The Balaban J connectivity index is 3.54. The highest BCUT2D eigenvalue weighted by molar-refractivity contribution is 5.84. The van der Waals surface area contributed by atoms with Gasteiger partial charge >= 0.3 is 0 Å². The molecule has 0 unspecified atom stereocenters. The van der Waals surface area contributed by atoms with Crippen molar-refractivity contribution in [3.05, 3.63) is 6.42 Å². The Morgan fingerprint density at radius 3 is 2.25 bits per heavy atom.